The summed E-state index contributed by atoms with van der Waals surface area (Å²) in [6.45, 7) is 5.72. The van der Waals surface area contributed by atoms with Crippen molar-refractivity contribution in [2.45, 2.75) is 50.7 Å². The van der Waals surface area contributed by atoms with Gasteiger partial charge in [0.15, 0.2) is 6.10 Å². The van der Waals surface area contributed by atoms with Crippen molar-refractivity contribution in [3.63, 3.8) is 0 Å². The van der Waals surface area contributed by atoms with Crippen LogP contribution in [0.15, 0.2) is 30.3 Å². The Morgan fingerprint density at radius 3 is 3.00 bits per heavy atom. The Balaban J connectivity index is 1.50. The number of ether oxygens (including phenoxy) is 1. The number of nitrogens with one attached hydrogen (secondary N) is 1. The van der Waals surface area contributed by atoms with Gasteiger partial charge in [-0.2, -0.15) is 0 Å². The zero-order valence-corrected chi connectivity index (χ0v) is 18.6. The molecule has 4 heterocycles. The lowest BCUT2D eigenvalue weighted by Crippen LogP contribution is -2.68. The Hall–Kier alpha value is -2.92. The highest BCUT2D eigenvalue weighted by Gasteiger charge is 2.70. The van der Waals surface area contributed by atoms with E-state index in [2.05, 4.69) is 43.2 Å². The van der Waals surface area contributed by atoms with Crippen molar-refractivity contribution >= 4 is 22.5 Å². The van der Waals surface area contributed by atoms with E-state index in [0.717, 1.165) is 59.4 Å². The number of rotatable bonds is 0. The van der Waals surface area contributed by atoms with Gasteiger partial charge in [0.1, 0.15) is 5.75 Å². The molecule has 5 heteroatoms. The van der Waals surface area contributed by atoms with Gasteiger partial charge in [-0.3, -0.25) is 4.79 Å². The smallest absolute Gasteiger partial charge is 0.256 e. The Bertz CT molecular complexity index is 1430. The number of piperidine rings is 1. The average molecular weight is 424 g/mol. The number of hydrogen-bond acceptors (Lipinski definition) is 4. The summed E-state index contributed by atoms with van der Waals surface area (Å²) in [5.74, 6) is 1.08. The molecule has 1 spiro atoms. The minimum atomic E-state index is -0.107. The van der Waals surface area contributed by atoms with Crippen LogP contribution in [0.2, 0.25) is 0 Å². The van der Waals surface area contributed by atoms with Crippen LogP contribution in [0, 0.1) is 12.3 Å². The number of anilines is 1. The van der Waals surface area contributed by atoms with Crippen molar-refractivity contribution in [2.24, 2.45) is 5.41 Å². The second kappa shape index (κ2) is 5.18. The van der Waals surface area contributed by atoms with Crippen molar-refractivity contribution in [2.75, 3.05) is 18.9 Å². The van der Waals surface area contributed by atoms with Gasteiger partial charge in [-0.15, -0.1) is 0 Å². The molecule has 2 aromatic carbocycles. The van der Waals surface area contributed by atoms with Gasteiger partial charge in [-0.1, -0.05) is 25.1 Å². The molecule has 0 saturated carbocycles. The molecule has 4 atom stereocenters. The highest BCUT2D eigenvalue weighted by Crippen LogP contribution is 2.71. The molecule has 2 bridgehead atoms. The third-order valence-corrected chi connectivity index (χ3v) is 9.55. The van der Waals surface area contributed by atoms with Gasteiger partial charge in [0.2, 0.25) is 0 Å². The minimum absolute atomic E-state index is 0.0117. The predicted octanol–water partition coefficient (Wildman–Crippen LogP) is 4.30. The van der Waals surface area contributed by atoms with Crippen molar-refractivity contribution in [3.05, 3.63) is 63.8 Å². The van der Waals surface area contributed by atoms with E-state index in [9.17, 15) is 4.79 Å². The number of carbonyl (C=O) groups excluding carboxylic acids is 1. The van der Waals surface area contributed by atoms with E-state index in [1.54, 1.807) is 0 Å². The predicted molar refractivity (Wildman–Crippen MR) is 122 cm³/mol. The number of aryl methyl sites for hydroxylation is 1. The van der Waals surface area contributed by atoms with Gasteiger partial charge in [0, 0.05) is 28.0 Å². The van der Waals surface area contributed by atoms with E-state index in [0.29, 0.717) is 6.04 Å². The minimum Gasteiger partial charge on any atom is -0.483 e. The number of nitrogens with zero attached hydrogens (tertiary/aromatic N) is 2. The fourth-order valence-electron chi connectivity index (χ4n) is 8.10. The number of likely N-dealkylation sites (N-methyl/N-ethyl adjacent to an activating group) is 1. The van der Waals surface area contributed by atoms with Crippen LogP contribution in [0.4, 0.5) is 5.69 Å². The lowest BCUT2D eigenvalue weighted by Gasteiger charge is -2.64. The van der Waals surface area contributed by atoms with Crippen LogP contribution in [-0.2, 0) is 18.3 Å². The molecular weight excluding hydrogens is 398 g/mol. The number of amides is 1. The maximum atomic E-state index is 12.8. The zero-order chi connectivity index (χ0) is 21.6. The maximum absolute atomic E-state index is 12.8. The van der Waals surface area contributed by atoms with E-state index in [-0.39, 0.29) is 22.8 Å². The Morgan fingerprint density at radius 2 is 2.12 bits per heavy atom. The molecule has 1 saturated heterocycles. The molecule has 1 N–H and O–H groups in total. The highest BCUT2D eigenvalue weighted by molar-refractivity contribution is 6.24. The molecule has 0 radical (unpaired) electrons. The van der Waals surface area contributed by atoms with Crippen molar-refractivity contribution in [1.82, 2.24) is 9.88 Å². The Morgan fingerprint density at radius 1 is 1.25 bits per heavy atom. The fourth-order valence-corrected chi connectivity index (χ4v) is 8.10. The first-order valence-corrected chi connectivity index (χ1v) is 11.7. The van der Waals surface area contributed by atoms with Gasteiger partial charge in [0.05, 0.1) is 27.9 Å². The van der Waals surface area contributed by atoms with E-state index in [1.807, 2.05) is 18.2 Å². The molecule has 1 fully saturated rings. The summed E-state index contributed by atoms with van der Waals surface area (Å²) in [5, 5.41) is 4.20. The molecular formula is C27H25N3O2. The maximum Gasteiger partial charge on any atom is 0.256 e. The van der Waals surface area contributed by atoms with Crippen molar-refractivity contribution < 1.29 is 9.53 Å². The molecule has 5 aliphatic rings. The number of hydrogen-bond donors (Lipinski definition) is 1. The molecule has 1 amide bonds. The van der Waals surface area contributed by atoms with Gasteiger partial charge in [0.25, 0.3) is 5.91 Å². The van der Waals surface area contributed by atoms with Crippen LogP contribution in [0.25, 0.3) is 10.9 Å². The lowest BCUT2D eigenvalue weighted by molar-refractivity contribution is -0.0907. The third kappa shape index (κ3) is 1.64. The van der Waals surface area contributed by atoms with Crippen LogP contribution < -0.4 is 10.1 Å². The summed E-state index contributed by atoms with van der Waals surface area (Å²) in [7, 11) is 2.28. The monoisotopic (exact) mass is 423 g/mol. The van der Waals surface area contributed by atoms with Crippen molar-refractivity contribution in [1.29, 1.82) is 0 Å². The first-order chi connectivity index (χ1) is 15.4. The van der Waals surface area contributed by atoms with E-state index >= 15 is 0 Å². The average Bonchev–Trinajstić information content (AvgIpc) is 3.30. The normalized spacial score (nSPS) is 33.0. The molecule has 160 valence electrons. The largest absolute Gasteiger partial charge is 0.483 e. The van der Waals surface area contributed by atoms with Gasteiger partial charge >= 0.3 is 0 Å². The van der Waals surface area contributed by atoms with Crippen LogP contribution in [0.5, 0.6) is 5.75 Å². The number of carbonyl (C=O) groups is 1. The van der Waals surface area contributed by atoms with E-state index in [4.69, 9.17) is 9.72 Å². The molecule has 0 unspecified atom stereocenters. The number of aromatic nitrogens is 1. The SMILES string of the molecule is Cc1ccc2c3c1O[C@H]1c4nc5cccc6c5c(c4C[C@@]4(C)[C@H](C2)N(C)CC[C@]314)NC6=O. The zero-order valence-electron chi connectivity index (χ0n) is 18.6. The molecule has 2 aliphatic carbocycles. The Labute approximate surface area is 186 Å². The van der Waals surface area contributed by atoms with Gasteiger partial charge in [-0.25, -0.2) is 4.98 Å². The topological polar surface area (TPSA) is 54.5 Å². The molecule has 5 nitrogen and oxygen atoms in total. The molecule has 1 aromatic heterocycles. The summed E-state index contributed by atoms with van der Waals surface area (Å²) < 4.78 is 6.93. The standard InChI is InChI=1S/C27H25N3O2/c1-13-7-8-14-11-18-26(2)12-16-21-19-15(25(31)29-21)5-4-6-17(19)28-22(16)24-27(26,9-10-30(18)3)20(14)23(13)32-24/h4-8,18,24H,9-12H2,1-3H3,(H,29,31)/t18-,24-,26-,27-/m0/s1. The van der Waals surface area contributed by atoms with Gasteiger partial charge in [-0.05, 0) is 63.0 Å². The van der Waals surface area contributed by atoms with Crippen LogP contribution in [-0.4, -0.2) is 35.4 Å². The molecule has 3 aliphatic heterocycles. The third-order valence-electron chi connectivity index (χ3n) is 9.55. The summed E-state index contributed by atoms with van der Waals surface area (Å²) in [6, 6.07) is 10.9. The number of benzene rings is 2. The summed E-state index contributed by atoms with van der Waals surface area (Å²) in [6.07, 6.45) is 2.93. The summed E-state index contributed by atoms with van der Waals surface area (Å²) >= 11 is 0. The number of likely N-dealkylation sites (tertiary alicyclic amines) is 1. The first kappa shape index (κ1) is 17.6. The van der Waals surface area contributed by atoms with Crippen LogP contribution >= 0.6 is 0 Å². The van der Waals surface area contributed by atoms with Gasteiger partial charge < -0.3 is 15.0 Å². The molecule has 3 aromatic rings. The van der Waals surface area contributed by atoms with E-state index in [1.165, 1.54) is 22.3 Å². The summed E-state index contributed by atoms with van der Waals surface area (Å²) in [5.41, 5.74) is 8.91. The highest BCUT2D eigenvalue weighted by atomic mass is 16.5. The summed E-state index contributed by atoms with van der Waals surface area (Å²) in [4.78, 5) is 20.6. The fraction of sp³-hybridized carbons (Fsp3) is 0.407. The number of fused-ring (bicyclic) bond motifs is 3. The second-order valence-corrected chi connectivity index (χ2v) is 10.8. The second-order valence-electron chi connectivity index (χ2n) is 10.8. The van der Waals surface area contributed by atoms with Crippen LogP contribution in [0.1, 0.15) is 57.8 Å². The first-order valence-electron chi connectivity index (χ1n) is 11.7. The quantitative estimate of drug-likeness (QED) is 0.586. The lowest BCUT2D eigenvalue weighted by atomic mass is 9.44. The Kier molecular flexibility index (Phi) is 2.85. The van der Waals surface area contributed by atoms with Crippen molar-refractivity contribution in [3.8, 4) is 5.75 Å². The molecule has 8 rings (SSSR count). The number of pyridine rings is 1. The molecule has 32 heavy (non-hydrogen) atoms. The van der Waals surface area contributed by atoms with Crippen LogP contribution in [0.3, 0.4) is 0 Å². The van der Waals surface area contributed by atoms with E-state index < -0.39 is 0 Å².